The Morgan fingerprint density at radius 2 is 1.81 bits per heavy atom. The van der Waals surface area contributed by atoms with E-state index in [4.69, 9.17) is 0 Å². The molecule has 0 aliphatic rings. The number of halogens is 1. The van der Waals surface area contributed by atoms with E-state index in [0.29, 0.717) is 5.56 Å². The zero-order chi connectivity index (χ0) is 16.0. The number of aliphatic carboxylic acids is 1. The molecule has 0 fully saturated rings. The third-order valence-electron chi connectivity index (χ3n) is 3.96. The van der Waals surface area contributed by atoms with Crippen molar-refractivity contribution in [1.29, 1.82) is 0 Å². The van der Waals surface area contributed by atoms with Gasteiger partial charge in [-0.15, -0.1) is 0 Å². The van der Waals surface area contributed by atoms with Crippen molar-refractivity contribution in [2.45, 2.75) is 33.1 Å². The van der Waals surface area contributed by atoms with E-state index in [0.717, 1.165) is 6.42 Å². The summed E-state index contributed by atoms with van der Waals surface area (Å²) in [6, 6.07) is 5.29. The van der Waals surface area contributed by atoms with Crippen LogP contribution >= 0.6 is 0 Å². The van der Waals surface area contributed by atoms with E-state index in [-0.39, 0.29) is 24.3 Å². The highest BCUT2D eigenvalue weighted by Crippen LogP contribution is 2.18. The van der Waals surface area contributed by atoms with E-state index >= 15 is 0 Å². The Balaban J connectivity index is 2.70. The molecule has 1 aromatic carbocycles. The Morgan fingerprint density at radius 3 is 2.29 bits per heavy atom. The average Bonchev–Trinajstić information content (AvgIpc) is 2.47. The largest absolute Gasteiger partial charge is 0.481 e. The first kappa shape index (κ1) is 17.1. The highest BCUT2D eigenvalue weighted by molar-refractivity contribution is 5.81. The fourth-order valence-corrected chi connectivity index (χ4v) is 2.02. The highest BCUT2D eigenvalue weighted by atomic mass is 19.1. The summed E-state index contributed by atoms with van der Waals surface area (Å²) in [5.74, 6) is -2.43. The number of benzene rings is 1. The number of carboxylic acids is 1. The van der Waals surface area contributed by atoms with Crippen molar-refractivity contribution in [3.05, 3.63) is 35.6 Å². The van der Waals surface area contributed by atoms with E-state index in [2.05, 4.69) is 5.32 Å². The molecule has 0 aliphatic heterocycles. The molecular formula is C16H22FNO3. The number of nitrogens with one attached hydrogen (secondary N) is 1. The van der Waals surface area contributed by atoms with Gasteiger partial charge in [0.25, 0.3) is 0 Å². The second-order valence-electron chi connectivity index (χ2n) is 5.36. The lowest BCUT2D eigenvalue weighted by atomic mass is 9.92. The van der Waals surface area contributed by atoms with E-state index in [1.807, 2.05) is 20.8 Å². The number of hydrogen-bond donors (Lipinski definition) is 2. The van der Waals surface area contributed by atoms with Crippen molar-refractivity contribution in [1.82, 2.24) is 5.32 Å². The van der Waals surface area contributed by atoms with Gasteiger partial charge in [-0.25, -0.2) is 4.39 Å². The summed E-state index contributed by atoms with van der Waals surface area (Å²) in [6.45, 7) is 5.82. The first-order valence-corrected chi connectivity index (χ1v) is 7.12. The van der Waals surface area contributed by atoms with Gasteiger partial charge in [-0.05, 0) is 23.6 Å². The minimum absolute atomic E-state index is 0.000569. The van der Waals surface area contributed by atoms with E-state index in [1.54, 1.807) is 0 Å². The normalized spacial score (nSPS) is 15.0. The van der Waals surface area contributed by atoms with Gasteiger partial charge in [-0.2, -0.15) is 0 Å². The minimum Gasteiger partial charge on any atom is -0.481 e. The van der Waals surface area contributed by atoms with Crippen molar-refractivity contribution >= 4 is 11.9 Å². The zero-order valence-electron chi connectivity index (χ0n) is 12.6. The lowest BCUT2D eigenvalue weighted by Crippen LogP contribution is -2.36. The van der Waals surface area contributed by atoms with E-state index in [1.165, 1.54) is 24.3 Å². The van der Waals surface area contributed by atoms with Gasteiger partial charge in [0.05, 0.1) is 5.92 Å². The molecule has 2 N–H and O–H groups in total. The monoisotopic (exact) mass is 295 g/mol. The van der Waals surface area contributed by atoms with Crippen LogP contribution in [0.15, 0.2) is 24.3 Å². The van der Waals surface area contributed by atoms with E-state index in [9.17, 15) is 19.1 Å². The molecule has 21 heavy (non-hydrogen) atoms. The molecule has 4 nitrogen and oxygen atoms in total. The molecule has 116 valence electrons. The molecule has 0 radical (unpaired) electrons. The van der Waals surface area contributed by atoms with Gasteiger partial charge in [0, 0.05) is 12.5 Å². The average molecular weight is 295 g/mol. The summed E-state index contributed by atoms with van der Waals surface area (Å²) in [5, 5.41) is 11.9. The molecule has 5 heteroatoms. The number of carbonyl (C=O) groups excluding carboxylic acids is 1. The van der Waals surface area contributed by atoms with Crippen molar-refractivity contribution < 1.29 is 19.1 Å². The topological polar surface area (TPSA) is 66.4 Å². The SMILES string of the molecule is CCC(C)C(C)C(=O)NCC(C(=O)O)c1ccc(F)cc1. The fraction of sp³-hybridized carbons (Fsp3) is 0.500. The summed E-state index contributed by atoms with van der Waals surface area (Å²) in [5.41, 5.74) is 0.473. The minimum atomic E-state index is -1.04. The van der Waals surface area contributed by atoms with Crippen molar-refractivity contribution in [2.24, 2.45) is 11.8 Å². The van der Waals surface area contributed by atoms with Crippen molar-refractivity contribution in [2.75, 3.05) is 6.54 Å². The van der Waals surface area contributed by atoms with Crippen molar-refractivity contribution in [3.8, 4) is 0 Å². The number of hydrogen-bond acceptors (Lipinski definition) is 2. The quantitative estimate of drug-likeness (QED) is 0.813. The third kappa shape index (κ3) is 4.85. The predicted molar refractivity (Wildman–Crippen MR) is 78.4 cm³/mol. The Bertz CT molecular complexity index is 487. The Hall–Kier alpha value is -1.91. The summed E-state index contributed by atoms with van der Waals surface area (Å²) in [6.07, 6.45) is 0.884. The predicted octanol–water partition coefficient (Wildman–Crippen LogP) is 2.79. The van der Waals surface area contributed by atoms with E-state index < -0.39 is 17.7 Å². The molecule has 3 unspecified atom stereocenters. The molecule has 0 saturated heterocycles. The summed E-state index contributed by atoms with van der Waals surface area (Å²) in [7, 11) is 0. The Morgan fingerprint density at radius 1 is 1.24 bits per heavy atom. The zero-order valence-corrected chi connectivity index (χ0v) is 12.6. The van der Waals surface area contributed by atoms with Gasteiger partial charge in [0.1, 0.15) is 5.82 Å². The third-order valence-corrected chi connectivity index (χ3v) is 3.96. The molecule has 0 heterocycles. The maximum absolute atomic E-state index is 12.9. The van der Waals surface area contributed by atoms with Crippen molar-refractivity contribution in [3.63, 3.8) is 0 Å². The smallest absolute Gasteiger partial charge is 0.312 e. The van der Waals surface area contributed by atoms with Gasteiger partial charge in [0.2, 0.25) is 5.91 Å². The van der Waals surface area contributed by atoms with Crippen LogP contribution in [0.4, 0.5) is 4.39 Å². The van der Waals surface area contributed by atoms with Crippen LogP contribution < -0.4 is 5.32 Å². The number of carbonyl (C=O) groups is 2. The molecule has 1 rings (SSSR count). The fourth-order valence-electron chi connectivity index (χ4n) is 2.02. The van der Waals surface area contributed by atoms with Crippen LogP contribution in [0.2, 0.25) is 0 Å². The molecule has 0 spiro atoms. The summed E-state index contributed by atoms with van der Waals surface area (Å²) >= 11 is 0. The molecule has 0 aromatic heterocycles. The second-order valence-corrected chi connectivity index (χ2v) is 5.36. The van der Waals surface area contributed by atoms with Gasteiger partial charge < -0.3 is 10.4 Å². The maximum Gasteiger partial charge on any atom is 0.312 e. The molecular weight excluding hydrogens is 273 g/mol. The van der Waals surface area contributed by atoms with Crippen LogP contribution in [0.3, 0.4) is 0 Å². The standard InChI is InChI=1S/C16H22FNO3/c1-4-10(2)11(3)15(19)18-9-14(16(20)21)12-5-7-13(17)8-6-12/h5-8,10-11,14H,4,9H2,1-3H3,(H,18,19)(H,20,21). The van der Waals surface area contributed by atoms with Crippen LogP contribution in [0.25, 0.3) is 0 Å². The molecule has 0 bridgehead atoms. The number of amides is 1. The Kier molecular flexibility index (Phi) is 6.34. The first-order valence-electron chi connectivity index (χ1n) is 7.12. The molecule has 0 aliphatic carbocycles. The molecule has 3 atom stereocenters. The number of carboxylic acid groups (broad SMARTS) is 1. The maximum atomic E-state index is 12.9. The van der Waals surface area contributed by atoms with Gasteiger partial charge in [0.15, 0.2) is 0 Å². The van der Waals surface area contributed by atoms with Crippen LogP contribution in [-0.4, -0.2) is 23.5 Å². The van der Waals surface area contributed by atoms with Crippen LogP contribution in [0.1, 0.15) is 38.7 Å². The summed E-state index contributed by atoms with van der Waals surface area (Å²) in [4.78, 5) is 23.3. The van der Waals surface area contributed by atoms with Gasteiger partial charge in [-0.1, -0.05) is 39.3 Å². The highest BCUT2D eigenvalue weighted by Gasteiger charge is 2.23. The second kappa shape index (κ2) is 7.76. The van der Waals surface area contributed by atoms with Gasteiger partial charge in [-0.3, -0.25) is 9.59 Å². The molecule has 0 saturated carbocycles. The molecule has 1 amide bonds. The Labute approximate surface area is 124 Å². The van der Waals surface area contributed by atoms with Crippen LogP contribution in [-0.2, 0) is 9.59 Å². The molecule has 1 aromatic rings. The lowest BCUT2D eigenvalue weighted by molar-refractivity contribution is -0.138. The van der Waals surface area contributed by atoms with Crippen LogP contribution in [0, 0.1) is 17.7 Å². The lowest BCUT2D eigenvalue weighted by Gasteiger charge is -2.20. The van der Waals surface area contributed by atoms with Gasteiger partial charge >= 0.3 is 5.97 Å². The number of rotatable bonds is 7. The van der Waals surface area contributed by atoms with Crippen LogP contribution in [0.5, 0.6) is 0 Å². The first-order chi connectivity index (χ1) is 9.86. The summed E-state index contributed by atoms with van der Waals surface area (Å²) < 4.78 is 12.9.